The van der Waals surface area contributed by atoms with Crippen LogP contribution < -0.4 is 20.9 Å². The molecular formula is C86H60B2BrCl2NO8-. The summed E-state index contributed by atoms with van der Waals surface area (Å²) in [4.78, 5) is 37.9. The minimum absolute atomic E-state index is 0. The molecule has 0 atom stereocenters. The van der Waals surface area contributed by atoms with Crippen LogP contribution in [0.3, 0.4) is 0 Å². The fourth-order valence-electron chi connectivity index (χ4n) is 13.0. The first-order valence-corrected chi connectivity index (χ1v) is 33.7. The van der Waals surface area contributed by atoms with E-state index >= 15 is 0 Å². The van der Waals surface area contributed by atoms with Crippen molar-refractivity contribution in [2.75, 3.05) is 0 Å². The third-order valence-electron chi connectivity index (χ3n) is 18.0. The fourth-order valence-corrected chi connectivity index (χ4v) is 13.6. The Bertz CT molecular complexity index is 6040. The van der Waals surface area contributed by atoms with Gasteiger partial charge in [0.1, 0.15) is 39.2 Å². The van der Waals surface area contributed by atoms with Gasteiger partial charge in [-0.05, 0) is 228 Å². The number of rotatable bonds is 5. The molecule has 18 rings (SSSR count). The Kier molecular flexibility index (Phi) is 19.8. The third kappa shape index (κ3) is 13.5. The SMILES string of the molecule is Cc1cccc2c1Cc1c(C)cccc1-2.Cc1cccc2c3cccc(C)c3n(-c3ccc(-c4ccc5oc6ccccc6c(=O)c5c4)cc3)c12.O=c1c2ccccc2oc2ccc(-c3ccc(Cl)cc3)cc12.O=c1c2ccccc2oc2ccc(Br)cc12.O[B]Oc1ccc(Cl)cc1.[B-]. The number of aromatic nitrogens is 1. The van der Waals surface area contributed by atoms with Gasteiger partial charge in [-0.2, -0.15) is 0 Å². The first-order valence-electron chi connectivity index (χ1n) is 32.1. The van der Waals surface area contributed by atoms with Crippen molar-refractivity contribution in [1.82, 2.24) is 4.57 Å². The smallest absolute Gasteiger partial charge is 0.569 e. The van der Waals surface area contributed by atoms with Gasteiger partial charge in [0.2, 0.25) is 16.3 Å². The Hall–Kier alpha value is -11.0. The van der Waals surface area contributed by atoms with Gasteiger partial charge in [-0.3, -0.25) is 14.4 Å². The van der Waals surface area contributed by atoms with Gasteiger partial charge in [-0.25, -0.2) is 0 Å². The number of hydrogen-bond donors (Lipinski definition) is 1. The Morgan fingerprint density at radius 1 is 0.380 bits per heavy atom. The largest absolute Gasteiger partial charge is 1.00 e. The number of para-hydroxylation sites is 5. The van der Waals surface area contributed by atoms with E-state index in [4.69, 9.17) is 41.5 Å². The molecule has 0 bridgehead atoms. The van der Waals surface area contributed by atoms with Gasteiger partial charge in [0.05, 0.1) is 43.4 Å². The van der Waals surface area contributed by atoms with Gasteiger partial charge in [-0.1, -0.05) is 185 Å². The Morgan fingerprint density at radius 3 is 1.17 bits per heavy atom. The van der Waals surface area contributed by atoms with Crippen LogP contribution in [0.4, 0.5) is 0 Å². The number of aryl methyl sites for hydroxylation is 4. The summed E-state index contributed by atoms with van der Waals surface area (Å²) in [7, 11) is 0.628. The van der Waals surface area contributed by atoms with Gasteiger partial charge < -0.3 is 35.9 Å². The lowest BCUT2D eigenvalue weighted by Crippen LogP contribution is -2.02. The van der Waals surface area contributed by atoms with Crippen molar-refractivity contribution in [2.45, 2.75) is 34.1 Å². The Balaban J connectivity index is 0.000000120. The van der Waals surface area contributed by atoms with E-state index in [-0.39, 0.29) is 24.7 Å². The number of halogens is 3. The first-order chi connectivity index (χ1) is 48.2. The minimum atomic E-state index is -0.00679. The number of hydrogen-bond acceptors (Lipinski definition) is 8. The maximum atomic E-state index is 13.1. The van der Waals surface area contributed by atoms with Crippen LogP contribution in [0.5, 0.6) is 5.75 Å². The standard InChI is InChI=1S/C33H23NO2.C19H11ClO2.C15H14.C13H7BrO2.C6H5BClO2.B/c1-20-7-5-10-25-26-11-6-8-21(2)32(26)34(31(20)25)24-16-13-22(14-17-24)23-15-18-30-28(19-23)33(35)27-9-3-4-12-29(27)36-30;20-14-8-5-12(6-9-14)13-7-10-18-16(11-13)19(21)15-3-1-2-4-17(15)22-18;1-10-5-3-7-12-13-8-4-6-11(2)15(13)9-14(10)12;14-8-5-6-12-10(7-8)13(15)9-3-1-2-4-11(9)16-12;8-5-1-3-6(4-2-5)10-7-9;/h3-19H,1-2H3;1-11H;3-8H,9H2,1-2H3;1-7H;1-4,9H;/q;;;;;-1. The van der Waals surface area contributed by atoms with Crippen LogP contribution in [0.25, 0.3) is 127 Å². The normalized spacial score (nSPS) is 11.2. The highest BCUT2D eigenvalue weighted by Gasteiger charge is 2.21. The molecule has 0 fully saturated rings. The molecule has 13 aromatic carbocycles. The summed E-state index contributed by atoms with van der Waals surface area (Å²) in [5.41, 5.74) is 22.6. The van der Waals surface area contributed by atoms with Crippen molar-refractivity contribution in [2.24, 2.45) is 0 Å². The lowest BCUT2D eigenvalue weighted by molar-refractivity contribution is 0.454. The Labute approximate surface area is 596 Å². The Morgan fingerprint density at radius 2 is 0.730 bits per heavy atom. The van der Waals surface area contributed by atoms with E-state index in [2.05, 4.69) is 150 Å². The van der Waals surface area contributed by atoms with Crippen molar-refractivity contribution in [1.29, 1.82) is 0 Å². The fraction of sp³-hybridized carbons (Fsp3) is 0.0581. The summed E-state index contributed by atoms with van der Waals surface area (Å²) >= 11 is 14.9. The summed E-state index contributed by atoms with van der Waals surface area (Å²) in [5, 5.41) is 15.7. The molecule has 485 valence electrons. The first kappa shape index (κ1) is 67.6. The molecule has 4 aromatic heterocycles. The summed E-state index contributed by atoms with van der Waals surface area (Å²) in [6, 6.07) is 88.0. The zero-order valence-corrected chi connectivity index (χ0v) is 57.8. The second-order valence-corrected chi connectivity index (χ2v) is 26.0. The van der Waals surface area contributed by atoms with Gasteiger partial charge in [0.25, 0.3) is 0 Å². The van der Waals surface area contributed by atoms with E-state index in [9.17, 15) is 14.4 Å². The van der Waals surface area contributed by atoms with Gasteiger partial charge in [-0.15, -0.1) is 0 Å². The summed E-state index contributed by atoms with van der Waals surface area (Å²) in [6.45, 7) is 8.76. The van der Waals surface area contributed by atoms with E-state index in [0.717, 1.165) is 38.8 Å². The lowest BCUT2D eigenvalue weighted by Gasteiger charge is -2.12. The molecular weight excluding hydrogens is 1350 g/mol. The quantitative estimate of drug-likeness (QED) is 0.133. The van der Waals surface area contributed by atoms with E-state index in [1.165, 1.54) is 66.3 Å². The predicted octanol–water partition coefficient (Wildman–Crippen LogP) is 22.0. The van der Waals surface area contributed by atoms with Crippen molar-refractivity contribution in [3.05, 3.63) is 352 Å². The van der Waals surface area contributed by atoms with Crippen LogP contribution >= 0.6 is 39.1 Å². The molecule has 14 heteroatoms. The molecule has 1 aliphatic carbocycles. The third-order valence-corrected chi connectivity index (χ3v) is 19.0. The maximum absolute atomic E-state index is 13.1. The van der Waals surface area contributed by atoms with E-state index in [1.807, 2.05) is 121 Å². The second kappa shape index (κ2) is 29.2. The summed E-state index contributed by atoms with van der Waals surface area (Å²) in [5.74, 6) is 0.562. The van der Waals surface area contributed by atoms with Crippen LogP contribution in [-0.4, -0.2) is 25.7 Å². The summed E-state index contributed by atoms with van der Waals surface area (Å²) in [6.07, 6.45) is 1.12. The van der Waals surface area contributed by atoms with Crippen molar-refractivity contribution >= 4 is 143 Å². The van der Waals surface area contributed by atoms with Crippen LogP contribution in [0.15, 0.2) is 305 Å². The molecule has 100 heavy (non-hydrogen) atoms. The van der Waals surface area contributed by atoms with Crippen molar-refractivity contribution in [3.63, 3.8) is 0 Å². The zero-order chi connectivity index (χ0) is 68.4. The van der Waals surface area contributed by atoms with E-state index in [1.54, 1.807) is 54.6 Å². The number of nitrogens with zero attached hydrogens (tertiary/aromatic N) is 1. The van der Waals surface area contributed by atoms with Crippen molar-refractivity contribution in [3.8, 4) is 44.8 Å². The van der Waals surface area contributed by atoms with Gasteiger partial charge >= 0.3 is 7.69 Å². The molecule has 1 N–H and O–H groups in total. The molecule has 0 spiro atoms. The molecule has 1 aliphatic rings. The highest BCUT2D eigenvalue weighted by Crippen LogP contribution is 2.40. The average Bonchev–Trinajstić information content (AvgIpc) is 1.55. The lowest BCUT2D eigenvalue weighted by atomic mass is 10.0. The van der Waals surface area contributed by atoms with Crippen LogP contribution in [0, 0.1) is 27.7 Å². The molecule has 17 aromatic rings. The molecule has 5 radical (unpaired) electrons. The topological polar surface area (TPSA) is 125 Å². The summed E-state index contributed by atoms with van der Waals surface area (Å²) < 4.78 is 25.3. The average molecular weight is 1410 g/mol. The minimum Gasteiger partial charge on any atom is -1.00 e. The predicted molar refractivity (Wildman–Crippen MR) is 417 cm³/mol. The van der Waals surface area contributed by atoms with Crippen LogP contribution in [0.2, 0.25) is 10.0 Å². The van der Waals surface area contributed by atoms with Crippen LogP contribution in [-0.2, 0) is 6.42 Å². The van der Waals surface area contributed by atoms with E-state index < -0.39 is 0 Å². The molecule has 0 aliphatic heterocycles. The molecule has 0 unspecified atom stereocenters. The van der Waals surface area contributed by atoms with Crippen LogP contribution in [0.1, 0.15) is 33.4 Å². The van der Waals surface area contributed by atoms with E-state index in [0.29, 0.717) is 89.3 Å². The molecule has 0 amide bonds. The van der Waals surface area contributed by atoms with Gasteiger partial charge in [0.15, 0.2) is 0 Å². The maximum Gasteiger partial charge on any atom is 0.569 e. The molecule has 0 saturated carbocycles. The van der Waals surface area contributed by atoms with Gasteiger partial charge in [0, 0.05) is 31.0 Å². The zero-order valence-electron chi connectivity index (χ0n) is 54.7. The monoisotopic (exact) mass is 1410 g/mol. The number of fused-ring (bicyclic) bond motifs is 12. The van der Waals surface area contributed by atoms with Crippen molar-refractivity contribution < 1.29 is 22.9 Å². The molecule has 4 heterocycles. The molecule has 0 saturated heterocycles. The highest BCUT2D eigenvalue weighted by atomic mass is 79.9. The highest BCUT2D eigenvalue weighted by molar-refractivity contribution is 9.10. The second-order valence-electron chi connectivity index (χ2n) is 24.2. The molecule has 9 nitrogen and oxygen atoms in total. The number of benzene rings is 13.